The lowest BCUT2D eigenvalue weighted by Crippen LogP contribution is -1.94. The van der Waals surface area contributed by atoms with E-state index in [1.54, 1.807) is 0 Å². The smallest absolute Gasteiger partial charge is 0.303 e. The number of hydrogen-bond acceptors (Lipinski definition) is 4. The fourth-order valence-electron chi connectivity index (χ4n) is 0.197. The van der Waals surface area contributed by atoms with Gasteiger partial charge in [-0.25, -0.2) is 4.57 Å². The Morgan fingerprint density at radius 2 is 2.11 bits per heavy atom. The van der Waals surface area contributed by atoms with Gasteiger partial charge in [0.05, 0.1) is 6.61 Å². The summed E-state index contributed by atoms with van der Waals surface area (Å²) in [6, 6.07) is 0. The van der Waals surface area contributed by atoms with Gasteiger partial charge in [0.25, 0.3) is 0 Å². The summed E-state index contributed by atoms with van der Waals surface area (Å²) in [5.74, 6) is 0. The molecule has 0 aliphatic rings. The molecule has 6 nitrogen and oxygen atoms in total. The molecule has 0 aliphatic carbocycles. The number of hydrogen-bond donors (Lipinski definition) is 2. The zero-order chi connectivity index (χ0) is 7.33. The van der Waals surface area contributed by atoms with Crippen molar-refractivity contribution in [2.45, 2.75) is 0 Å². The zero-order valence-corrected chi connectivity index (χ0v) is 5.32. The largest absolute Gasteiger partial charge is 0.469 e. The predicted octanol–water partition coefficient (Wildman–Crippen LogP) is -0.138. The second-order valence-corrected chi connectivity index (χ2v) is 2.42. The lowest BCUT2D eigenvalue weighted by Gasteiger charge is -1.99. The van der Waals surface area contributed by atoms with Crippen molar-refractivity contribution < 1.29 is 18.9 Å². The van der Waals surface area contributed by atoms with Gasteiger partial charge in [-0.3, -0.25) is 4.52 Å². The SMILES string of the molecule is O=NCCOP(=O)(O)O. The van der Waals surface area contributed by atoms with Crippen LogP contribution < -0.4 is 0 Å². The number of nitrogens with zero attached hydrogens (tertiary/aromatic N) is 1. The number of phosphoric ester groups is 1. The van der Waals surface area contributed by atoms with E-state index in [-0.39, 0.29) is 13.2 Å². The number of phosphoric acid groups is 1. The molecular weight excluding hydrogens is 149 g/mol. The van der Waals surface area contributed by atoms with Crippen molar-refractivity contribution in [1.82, 2.24) is 0 Å². The van der Waals surface area contributed by atoms with E-state index in [1.807, 2.05) is 0 Å². The van der Waals surface area contributed by atoms with Gasteiger partial charge in [0.2, 0.25) is 0 Å². The molecule has 0 bridgehead atoms. The van der Waals surface area contributed by atoms with Gasteiger partial charge in [-0.1, -0.05) is 5.18 Å². The molecule has 0 heterocycles. The summed E-state index contributed by atoms with van der Waals surface area (Å²) in [5.41, 5.74) is 0. The minimum absolute atomic E-state index is 0.245. The van der Waals surface area contributed by atoms with Crippen molar-refractivity contribution in [3.05, 3.63) is 4.91 Å². The van der Waals surface area contributed by atoms with Crippen molar-refractivity contribution >= 4 is 7.82 Å². The summed E-state index contributed by atoms with van der Waals surface area (Å²) < 4.78 is 13.7. The van der Waals surface area contributed by atoms with E-state index in [1.165, 1.54) is 0 Å². The first-order chi connectivity index (χ1) is 4.06. The van der Waals surface area contributed by atoms with Crippen LogP contribution in [0.5, 0.6) is 0 Å². The molecule has 0 aromatic heterocycles. The molecule has 0 amide bonds. The zero-order valence-electron chi connectivity index (χ0n) is 4.43. The van der Waals surface area contributed by atoms with E-state index < -0.39 is 7.82 Å². The molecular formula is C2H6NO5P. The fourth-order valence-corrected chi connectivity index (χ4v) is 0.516. The Morgan fingerprint density at radius 3 is 2.44 bits per heavy atom. The summed E-state index contributed by atoms with van der Waals surface area (Å²) in [5, 5.41) is 2.32. The van der Waals surface area contributed by atoms with Gasteiger partial charge in [0, 0.05) is 0 Å². The Hall–Kier alpha value is -0.290. The predicted molar refractivity (Wildman–Crippen MR) is 28.7 cm³/mol. The molecule has 0 radical (unpaired) electrons. The Kier molecular flexibility index (Phi) is 3.56. The molecule has 0 saturated heterocycles. The summed E-state index contributed by atoms with van der Waals surface area (Å²) in [6.07, 6.45) is 0. The molecule has 0 aliphatic heterocycles. The number of rotatable bonds is 4. The molecule has 2 N–H and O–H groups in total. The monoisotopic (exact) mass is 155 g/mol. The lowest BCUT2D eigenvalue weighted by atomic mass is 10.8. The molecule has 0 saturated carbocycles. The third kappa shape index (κ3) is 7.71. The van der Waals surface area contributed by atoms with Crippen LogP contribution in [-0.2, 0) is 9.09 Å². The van der Waals surface area contributed by atoms with Crippen LogP contribution in [-0.4, -0.2) is 22.9 Å². The summed E-state index contributed by atoms with van der Waals surface area (Å²) in [4.78, 5) is 25.3. The van der Waals surface area contributed by atoms with E-state index in [4.69, 9.17) is 9.79 Å². The van der Waals surface area contributed by atoms with Crippen molar-refractivity contribution in [3.8, 4) is 0 Å². The first-order valence-corrected chi connectivity index (χ1v) is 3.58. The molecule has 0 atom stereocenters. The average molecular weight is 155 g/mol. The second-order valence-electron chi connectivity index (χ2n) is 1.18. The van der Waals surface area contributed by atoms with Crippen molar-refractivity contribution in [2.75, 3.05) is 13.2 Å². The molecule has 9 heavy (non-hydrogen) atoms. The highest BCUT2D eigenvalue weighted by Crippen LogP contribution is 2.35. The Morgan fingerprint density at radius 1 is 1.56 bits per heavy atom. The maximum Gasteiger partial charge on any atom is 0.469 e. The van der Waals surface area contributed by atoms with Crippen molar-refractivity contribution in [1.29, 1.82) is 0 Å². The van der Waals surface area contributed by atoms with Gasteiger partial charge in [0.15, 0.2) is 0 Å². The molecule has 7 heteroatoms. The van der Waals surface area contributed by atoms with Gasteiger partial charge in [-0.2, -0.15) is 4.91 Å². The Labute approximate surface area is 51.1 Å². The van der Waals surface area contributed by atoms with Crippen LogP contribution in [0.3, 0.4) is 0 Å². The highest BCUT2D eigenvalue weighted by atomic mass is 31.2. The molecule has 0 aromatic carbocycles. The molecule has 0 rings (SSSR count). The van der Waals surface area contributed by atoms with Crippen LogP contribution in [0.15, 0.2) is 5.18 Å². The van der Waals surface area contributed by atoms with Crippen LogP contribution in [0.2, 0.25) is 0 Å². The quantitative estimate of drug-likeness (QED) is 0.334. The standard InChI is InChI=1S/C2H6NO5P/c4-3-1-2-8-9(5,6)7/h1-2H2,(H2,5,6,7). The topological polar surface area (TPSA) is 96.2 Å². The van der Waals surface area contributed by atoms with E-state index in [9.17, 15) is 9.47 Å². The third-order valence-corrected chi connectivity index (χ3v) is 0.961. The molecule has 0 unspecified atom stereocenters. The van der Waals surface area contributed by atoms with Crippen LogP contribution in [0.1, 0.15) is 0 Å². The van der Waals surface area contributed by atoms with Crippen molar-refractivity contribution in [3.63, 3.8) is 0 Å². The van der Waals surface area contributed by atoms with E-state index in [2.05, 4.69) is 9.70 Å². The minimum Gasteiger partial charge on any atom is -0.303 e. The normalized spacial score (nSPS) is 11.3. The maximum atomic E-state index is 9.83. The minimum atomic E-state index is -4.39. The molecule has 0 fully saturated rings. The fraction of sp³-hybridized carbons (Fsp3) is 1.00. The summed E-state index contributed by atoms with van der Waals surface area (Å²) >= 11 is 0. The average Bonchev–Trinajstić information content (AvgIpc) is 1.63. The second kappa shape index (κ2) is 3.68. The Bertz CT molecular complexity index is 129. The molecule has 0 aromatic rings. The highest BCUT2D eigenvalue weighted by Gasteiger charge is 2.12. The van der Waals surface area contributed by atoms with Crippen molar-refractivity contribution in [2.24, 2.45) is 5.18 Å². The van der Waals surface area contributed by atoms with E-state index in [0.717, 1.165) is 0 Å². The first-order valence-electron chi connectivity index (χ1n) is 2.05. The Balaban J connectivity index is 3.28. The van der Waals surface area contributed by atoms with Crippen LogP contribution in [0.25, 0.3) is 0 Å². The highest BCUT2D eigenvalue weighted by molar-refractivity contribution is 7.46. The molecule has 54 valence electrons. The third-order valence-electron chi connectivity index (χ3n) is 0.442. The van der Waals surface area contributed by atoms with Gasteiger partial charge in [0.1, 0.15) is 6.54 Å². The van der Waals surface area contributed by atoms with Gasteiger partial charge < -0.3 is 9.79 Å². The van der Waals surface area contributed by atoms with E-state index in [0.29, 0.717) is 0 Å². The lowest BCUT2D eigenvalue weighted by molar-refractivity contribution is 0.202. The van der Waals surface area contributed by atoms with Crippen LogP contribution in [0.4, 0.5) is 0 Å². The maximum absolute atomic E-state index is 9.83. The van der Waals surface area contributed by atoms with Gasteiger partial charge in [-0.15, -0.1) is 0 Å². The van der Waals surface area contributed by atoms with Crippen LogP contribution >= 0.6 is 7.82 Å². The summed E-state index contributed by atoms with van der Waals surface area (Å²) in [6.45, 7) is -0.584. The first kappa shape index (κ1) is 8.71. The van der Waals surface area contributed by atoms with Gasteiger partial charge >= 0.3 is 7.82 Å². The van der Waals surface area contributed by atoms with E-state index >= 15 is 0 Å². The summed E-state index contributed by atoms with van der Waals surface area (Å²) in [7, 11) is -4.39. The number of nitroso groups, excluding NO2 is 1. The molecule has 0 spiro atoms. The van der Waals surface area contributed by atoms with Gasteiger partial charge in [-0.05, 0) is 0 Å². The van der Waals surface area contributed by atoms with Crippen LogP contribution in [0, 0.1) is 4.91 Å².